The number of rotatable bonds is 2. The summed E-state index contributed by atoms with van der Waals surface area (Å²) < 4.78 is 4.96. The Morgan fingerprint density at radius 3 is 2.46 bits per heavy atom. The Morgan fingerprint density at radius 1 is 1.38 bits per heavy atom. The van der Waals surface area contributed by atoms with Crippen LogP contribution in [-0.2, 0) is 0 Å². The fraction of sp³-hybridized carbons (Fsp3) is 0.250. The molecule has 1 unspecified atom stereocenters. The molecular formula is C8H8Cl2NaO2. The molecule has 13 heavy (non-hydrogen) atoms. The summed E-state index contributed by atoms with van der Waals surface area (Å²) in [5, 5.41) is 9.82. The first-order chi connectivity index (χ1) is 5.59. The summed E-state index contributed by atoms with van der Waals surface area (Å²) in [7, 11) is 0. The molecule has 1 N–H and O–H groups in total. The molecule has 0 aromatic heterocycles. The van der Waals surface area contributed by atoms with Gasteiger partial charge >= 0.3 is 0 Å². The minimum Gasteiger partial charge on any atom is -0.464 e. The van der Waals surface area contributed by atoms with Crippen LogP contribution in [0.2, 0.25) is 10.0 Å². The predicted molar refractivity (Wildman–Crippen MR) is 54.5 cm³/mol. The zero-order valence-electron chi connectivity index (χ0n) is 7.42. The van der Waals surface area contributed by atoms with Crippen molar-refractivity contribution in [3.8, 4) is 5.75 Å². The second-order valence-corrected chi connectivity index (χ2v) is 3.14. The number of aliphatic hydroxyl groups excluding tert-OH is 1. The van der Waals surface area contributed by atoms with Crippen LogP contribution in [0, 0.1) is 0 Å². The second-order valence-electron chi connectivity index (χ2n) is 2.29. The molecule has 2 nitrogen and oxygen atoms in total. The molecule has 0 fully saturated rings. The van der Waals surface area contributed by atoms with E-state index in [1.807, 2.05) is 0 Å². The van der Waals surface area contributed by atoms with Gasteiger partial charge in [-0.1, -0.05) is 23.2 Å². The van der Waals surface area contributed by atoms with Gasteiger partial charge in [0, 0.05) is 34.6 Å². The molecule has 1 aromatic rings. The van der Waals surface area contributed by atoms with Gasteiger partial charge < -0.3 is 9.84 Å². The molecule has 67 valence electrons. The fourth-order valence-electron chi connectivity index (χ4n) is 0.755. The van der Waals surface area contributed by atoms with E-state index in [0.29, 0.717) is 15.8 Å². The van der Waals surface area contributed by atoms with E-state index in [2.05, 4.69) is 0 Å². The maximum atomic E-state index is 8.89. The molecule has 1 radical (unpaired) electrons. The molecular weight excluding hydrogens is 222 g/mol. The van der Waals surface area contributed by atoms with Gasteiger partial charge in [0.15, 0.2) is 6.29 Å². The summed E-state index contributed by atoms with van der Waals surface area (Å²) >= 11 is 11.4. The van der Waals surface area contributed by atoms with Gasteiger partial charge in [-0.3, -0.25) is 0 Å². The monoisotopic (exact) mass is 229 g/mol. The average Bonchev–Trinajstić information content (AvgIpc) is 1.94. The van der Waals surface area contributed by atoms with Crippen molar-refractivity contribution in [2.75, 3.05) is 0 Å². The Bertz CT molecular complexity index is 279. The van der Waals surface area contributed by atoms with Crippen molar-refractivity contribution < 1.29 is 9.84 Å². The van der Waals surface area contributed by atoms with Gasteiger partial charge in [0.1, 0.15) is 5.75 Å². The number of hydrogen-bond donors (Lipinski definition) is 1. The number of ether oxygens (including phenoxy) is 1. The maximum absolute atomic E-state index is 8.89. The number of aliphatic hydroxyl groups is 1. The van der Waals surface area contributed by atoms with Crippen LogP contribution < -0.4 is 4.74 Å². The Kier molecular flexibility index (Phi) is 6.38. The largest absolute Gasteiger partial charge is 0.464 e. The molecule has 0 heterocycles. The van der Waals surface area contributed by atoms with E-state index in [4.69, 9.17) is 33.0 Å². The van der Waals surface area contributed by atoms with Gasteiger partial charge in [0.2, 0.25) is 0 Å². The second kappa shape index (κ2) is 6.12. The van der Waals surface area contributed by atoms with E-state index in [-0.39, 0.29) is 29.6 Å². The molecule has 1 atom stereocenters. The number of benzene rings is 1. The number of halogens is 2. The smallest absolute Gasteiger partial charge is 0.194 e. The quantitative estimate of drug-likeness (QED) is 0.624. The van der Waals surface area contributed by atoms with Crippen LogP contribution in [0.1, 0.15) is 6.92 Å². The minimum absolute atomic E-state index is 0. The molecule has 0 aliphatic rings. The summed E-state index contributed by atoms with van der Waals surface area (Å²) in [6, 6.07) is 4.81. The third kappa shape index (κ3) is 4.54. The summed E-state index contributed by atoms with van der Waals surface area (Å²) in [5.41, 5.74) is 0. The summed E-state index contributed by atoms with van der Waals surface area (Å²) in [4.78, 5) is 0. The van der Waals surface area contributed by atoms with Gasteiger partial charge in [-0.25, -0.2) is 0 Å². The van der Waals surface area contributed by atoms with Gasteiger partial charge in [-0.2, -0.15) is 0 Å². The third-order valence-corrected chi connectivity index (χ3v) is 1.72. The van der Waals surface area contributed by atoms with Crippen LogP contribution in [0.15, 0.2) is 18.2 Å². The van der Waals surface area contributed by atoms with Crippen LogP contribution in [0.25, 0.3) is 0 Å². The van der Waals surface area contributed by atoms with Crippen molar-refractivity contribution in [2.45, 2.75) is 13.2 Å². The van der Waals surface area contributed by atoms with Gasteiger partial charge in [0.25, 0.3) is 0 Å². The molecule has 0 saturated carbocycles. The molecule has 5 heteroatoms. The predicted octanol–water partition coefficient (Wildman–Crippen LogP) is 2.33. The molecule has 0 saturated heterocycles. The zero-order valence-corrected chi connectivity index (χ0v) is 10.9. The topological polar surface area (TPSA) is 29.5 Å². The molecule has 0 bridgehead atoms. The molecule has 1 rings (SSSR count). The molecule has 0 amide bonds. The van der Waals surface area contributed by atoms with Crippen LogP contribution in [0.5, 0.6) is 5.75 Å². The Morgan fingerprint density at radius 2 is 2.00 bits per heavy atom. The van der Waals surface area contributed by atoms with E-state index in [1.54, 1.807) is 18.2 Å². The van der Waals surface area contributed by atoms with Crippen LogP contribution in [-0.4, -0.2) is 41.0 Å². The van der Waals surface area contributed by atoms with Crippen molar-refractivity contribution in [1.29, 1.82) is 0 Å². The Hall–Kier alpha value is 0.560. The molecule has 0 aliphatic carbocycles. The normalized spacial score (nSPS) is 11.7. The molecule has 0 aliphatic heterocycles. The van der Waals surface area contributed by atoms with Crippen LogP contribution in [0.3, 0.4) is 0 Å². The minimum atomic E-state index is -0.872. The summed E-state index contributed by atoms with van der Waals surface area (Å²) in [5.74, 6) is 0.427. The number of hydrogen-bond acceptors (Lipinski definition) is 2. The summed E-state index contributed by atoms with van der Waals surface area (Å²) in [6.07, 6.45) is -0.872. The van der Waals surface area contributed by atoms with Crippen LogP contribution >= 0.6 is 23.2 Å². The van der Waals surface area contributed by atoms with E-state index < -0.39 is 6.29 Å². The fourth-order valence-corrected chi connectivity index (χ4v) is 1.21. The van der Waals surface area contributed by atoms with Crippen LogP contribution in [0.4, 0.5) is 0 Å². The van der Waals surface area contributed by atoms with Crippen molar-refractivity contribution in [1.82, 2.24) is 0 Å². The van der Waals surface area contributed by atoms with Crippen molar-refractivity contribution >= 4 is 52.8 Å². The van der Waals surface area contributed by atoms with E-state index in [1.165, 1.54) is 6.92 Å². The Balaban J connectivity index is 0.00000144. The first-order valence-electron chi connectivity index (χ1n) is 3.39. The molecule has 1 aromatic carbocycles. The van der Waals surface area contributed by atoms with Gasteiger partial charge in [-0.15, -0.1) is 0 Å². The first kappa shape index (κ1) is 13.6. The average molecular weight is 230 g/mol. The van der Waals surface area contributed by atoms with E-state index >= 15 is 0 Å². The van der Waals surface area contributed by atoms with Crippen molar-refractivity contribution in [3.05, 3.63) is 28.2 Å². The van der Waals surface area contributed by atoms with E-state index in [0.717, 1.165) is 0 Å². The van der Waals surface area contributed by atoms with Crippen molar-refractivity contribution in [3.63, 3.8) is 0 Å². The van der Waals surface area contributed by atoms with Gasteiger partial charge in [0.05, 0.1) is 5.02 Å². The zero-order chi connectivity index (χ0) is 9.14. The van der Waals surface area contributed by atoms with Crippen molar-refractivity contribution in [2.24, 2.45) is 0 Å². The Labute approximate surface area is 109 Å². The first-order valence-corrected chi connectivity index (χ1v) is 4.15. The standard InChI is InChI=1S/C8H8Cl2O2.Na/c1-5(11)12-8-3-2-6(9)4-7(8)10;/h2-5,11H,1H3;. The SMILES string of the molecule is CC(O)Oc1ccc(Cl)cc1Cl.[Na]. The van der Waals surface area contributed by atoms with Gasteiger partial charge in [-0.05, 0) is 25.1 Å². The van der Waals surface area contributed by atoms with E-state index in [9.17, 15) is 0 Å². The molecule has 0 spiro atoms. The maximum Gasteiger partial charge on any atom is 0.194 e. The summed E-state index contributed by atoms with van der Waals surface area (Å²) in [6.45, 7) is 1.50. The third-order valence-electron chi connectivity index (χ3n) is 1.19.